The van der Waals surface area contributed by atoms with Gasteiger partial charge >= 0.3 is 0 Å². The summed E-state index contributed by atoms with van der Waals surface area (Å²) in [5.74, 6) is 1.85. The number of fused-ring (bicyclic) bond motifs is 2. The zero-order chi connectivity index (χ0) is 11.0. The number of ether oxygens (including phenoxy) is 1. The first-order valence-electron chi connectivity index (χ1n) is 5.38. The van der Waals surface area contributed by atoms with Gasteiger partial charge in [0.05, 0.1) is 0 Å². The Labute approximate surface area is 95.0 Å². The molecule has 0 saturated carbocycles. The molecule has 0 N–H and O–H groups in total. The predicted molar refractivity (Wildman–Crippen MR) is 66.6 cm³/mol. The molecule has 0 radical (unpaired) electrons. The summed E-state index contributed by atoms with van der Waals surface area (Å²) in [5, 5.41) is 0. The highest BCUT2D eigenvalue weighted by atomic mass is 16.5. The lowest BCUT2D eigenvalue weighted by molar-refractivity contribution is 0.481. The maximum Gasteiger partial charge on any atom is 0.134 e. The van der Waals surface area contributed by atoms with E-state index >= 15 is 0 Å². The van der Waals surface area contributed by atoms with Gasteiger partial charge in [-0.3, -0.25) is 0 Å². The summed E-state index contributed by atoms with van der Waals surface area (Å²) < 4.78 is 5.92. The van der Waals surface area contributed by atoms with Gasteiger partial charge in [0.25, 0.3) is 0 Å². The Morgan fingerprint density at radius 2 is 1.56 bits per heavy atom. The summed E-state index contributed by atoms with van der Waals surface area (Å²) in [6.45, 7) is 2.07. The fraction of sp³-hybridized carbons (Fsp3) is 0.0667. The molecule has 1 nitrogen and oxygen atoms in total. The van der Waals surface area contributed by atoms with Crippen molar-refractivity contribution < 1.29 is 4.74 Å². The fourth-order valence-electron chi connectivity index (χ4n) is 1.88. The first-order chi connectivity index (χ1) is 7.83. The molecule has 0 atom stereocenters. The molecule has 0 amide bonds. The van der Waals surface area contributed by atoms with Crippen molar-refractivity contribution in [2.75, 3.05) is 0 Å². The van der Waals surface area contributed by atoms with Crippen LogP contribution >= 0.6 is 0 Å². The molecule has 0 bridgehead atoms. The average Bonchev–Trinajstić information content (AvgIpc) is 2.47. The highest BCUT2D eigenvalue weighted by molar-refractivity contribution is 5.77. The van der Waals surface area contributed by atoms with E-state index in [2.05, 4.69) is 43.3 Å². The molecule has 3 rings (SSSR count). The van der Waals surface area contributed by atoms with E-state index in [4.69, 9.17) is 4.74 Å². The average molecular weight is 208 g/mol. The third kappa shape index (κ3) is 1.50. The van der Waals surface area contributed by atoms with Crippen molar-refractivity contribution in [2.24, 2.45) is 0 Å². The van der Waals surface area contributed by atoms with Crippen LogP contribution in [0, 0.1) is 6.92 Å². The second-order valence-electron chi connectivity index (χ2n) is 4.01. The first-order valence-corrected chi connectivity index (χ1v) is 5.38. The molecular formula is C15H12O. The van der Waals surface area contributed by atoms with Gasteiger partial charge < -0.3 is 4.74 Å². The summed E-state index contributed by atoms with van der Waals surface area (Å²) in [6.07, 6.45) is 4.19. The van der Waals surface area contributed by atoms with Gasteiger partial charge in [-0.2, -0.15) is 0 Å². The van der Waals surface area contributed by atoms with E-state index in [9.17, 15) is 0 Å². The molecule has 1 heteroatoms. The van der Waals surface area contributed by atoms with Crippen LogP contribution in [0.4, 0.5) is 0 Å². The number of rotatable bonds is 0. The van der Waals surface area contributed by atoms with E-state index in [1.807, 2.05) is 18.2 Å². The van der Waals surface area contributed by atoms with Crippen LogP contribution in [0.3, 0.4) is 0 Å². The Hall–Kier alpha value is -2.02. The van der Waals surface area contributed by atoms with Crippen LogP contribution < -0.4 is 4.74 Å². The quantitative estimate of drug-likeness (QED) is 0.536. The minimum Gasteiger partial charge on any atom is -0.456 e. The van der Waals surface area contributed by atoms with E-state index < -0.39 is 0 Å². The number of hydrogen-bond donors (Lipinski definition) is 0. The Kier molecular flexibility index (Phi) is 2.03. The van der Waals surface area contributed by atoms with Crippen LogP contribution in [0.1, 0.15) is 16.7 Å². The van der Waals surface area contributed by atoms with Gasteiger partial charge in [-0.1, -0.05) is 42.5 Å². The lowest BCUT2D eigenvalue weighted by Crippen LogP contribution is -1.87. The molecule has 0 aromatic heterocycles. The van der Waals surface area contributed by atoms with Gasteiger partial charge in [0.15, 0.2) is 0 Å². The maximum atomic E-state index is 5.92. The minimum atomic E-state index is 0.920. The molecule has 78 valence electrons. The molecule has 0 unspecified atom stereocenters. The molecule has 2 aromatic rings. The summed E-state index contributed by atoms with van der Waals surface area (Å²) in [7, 11) is 0. The van der Waals surface area contributed by atoms with Crippen molar-refractivity contribution in [1.82, 2.24) is 0 Å². The van der Waals surface area contributed by atoms with E-state index in [-0.39, 0.29) is 0 Å². The van der Waals surface area contributed by atoms with Crippen LogP contribution in [0.5, 0.6) is 11.5 Å². The number of aryl methyl sites for hydroxylation is 1. The minimum absolute atomic E-state index is 0.920. The zero-order valence-electron chi connectivity index (χ0n) is 9.10. The van der Waals surface area contributed by atoms with Gasteiger partial charge in [-0.15, -0.1) is 0 Å². The SMILES string of the molecule is Cc1ccc2c(c1)Oc1ccccc1C=C2. The van der Waals surface area contributed by atoms with E-state index in [0.29, 0.717) is 0 Å². The van der Waals surface area contributed by atoms with Crippen LogP contribution in [0.2, 0.25) is 0 Å². The van der Waals surface area contributed by atoms with E-state index in [1.54, 1.807) is 0 Å². The normalized spacial score (nSPS) is 12.3. The second kappa shape index (κ2) is 3.53. The highest BCUT2D eigenvalue weighted by Crippen LogP contribution is 2.34. The number of benzene rings is 2. The molecule has 1 aliphatic heterocycles. The molecule has 0 spiro atoms. The summed E-state index contributed by atoms with van der Waals surface area (Å²) in [6, 6.07) is 14.3. The topological polar surface area (TPSA) is 9.23 Å². The van der Waals surface area contributed by atoms with Crippen molar-refractivity contribution in [3.8, 4) is 11.5 Å². The summed E-state index contributed by atoms with van der Waals surface area (Å²) >= 11 is 0. The molecule has 1 aliphatic rings. The number of para-hydroxylation sites is 1. The lowest BCUT2D eigenvalue weighted by atomic mass is 10.1. The Bertz CT molecular complexity index is 567. The highest BCUT2D eigenvalue weighted by Gasteiger charge is 2.09. The van der Waals surface area contributed by atoms with Gasteiger partial charge in [0, 0.05) is 11.1 Å². The second-order valence-corrected chi connectivity index (χ2v) is 4.01. The third-order valence-electron chi connectivity index (χ3n) is 2.75. The molecule has 16 heavy (non-hydrogen) atoms. The van der Waals surface area contributed by atoms with Crippen LogP contribution in [-0.2, 0) is 0 Å². The van der Waals surface area contributed by atoms with Crippen molar-refractivity contribution in [2.45, 2.75) is 6.92 Å². The van der Waals surface area contributed by atoms with Crippen LogP contribution in [0.25, 0.3) is 12.2 Å². The van der Waals surface area contributed by atoms with Gasteiger partial charge in [-0.25, -0.2) is 0 Å². The Balaban J connectivity index is 2.18. The molecule has 0 fully saturated rings. The first kappa shape index (κ1) is 9.22. The van der Waals surface area contributed by atoms with Crippen molar-refractivity contribution in [3.63, 3.8) is 0 Å². The zero-order valence-corrected chi connectivity index (χ0v) is 9.10. The summed E-state index contributed by atoms with van der Waals surface area (Å²) in [5.41, 5.74) is 3.46. The van der Waals surface area contributed by atoms with Crippen molar-refractivity contribution in [1.29, 1.82) is 0 Å². The Morgan fingerprint density at radius 1 is 0.812 bits per heavy atom. The standard InChI is InChI=1S/C15H12O/c1-11-6-7-13-9-8-12-4-2-3-5-14(12)16-15(13)10-11/h2-10H,1H3. The predicted octanol–water partition coefficient (Wildman–Crippen LogP) is 4.27. The van der Waals surface area contributed by atoms with Crippen molar-refractivity contribution in [3.05, 3.63) is 59.2 Å². The van der Waals surface area contributed by atoms with Crippen LogP contribution in [-0.4, -0.2) is 0 Å². The molecule has 0 aliphatic carbocycles. The third-order valence-corrected chi connectivity index (χ3v) is 2.75. The lowest BCUT2D eigenvalue weighted by Gasteiger charge is -2.08. The number of hydrogen-bond acceptors (Lipinski definition) is 1. The van der Waals surface area contributed by atoms with Crippen molar-refractivity contribution >= 4 is 12.2 Å². The molecule has 1 heterocycles. The van der Waals surface area contributed by atoms with Gasteiger partial charge in [-0.05, 0) is 24.6 Å². The smallest absolute Gasteiger partial charge is 0.134 e. The summed E-state index contributed by atoms with van der Waals surface area (Å²) in [4.78, 5) is 0. The fourth-order valence-corrected chi connectivity index (χ4v) is 1.88. The molecule has 0 saturated heterocycles. The van der Waals surface area contributed by atoms with E-state index in [0.717, 1.165) is 22.6 Å². The monoisotopic (exact) mass is 208 g/mol. The van der Waals surface area contributed by atoms with E-state index in [1.165, 1.54) is 5.56 Å². The maximum absolute atomic E-state index is 5.92. The largest absolute Gasteiger partial charge is 0.456 e. The Morgan fingerprint density at radius 3 is 2.44 bits per heavy atom. The molecule has 2 aromatic carbocycles. The molecular weight excluding hydrogens is 196 g/mol. The van der Waals surface area contributed by atoms with Crippen LogP contribution in [0.15, 0.2) is 42.5 Å². The van der Waals surface area contributed by atoms with Gasteiger partial charge in [0.2, 0.25) is 0 Å². The van der Waals surface area contributed by atoms with Gasteiger partial charge in [0.1, 0.15) is 11.5 Å².